The lowest BCUT2D eigenvalue weighted by molar-refractivity contribution is 0.0692. The molecule has 0 atom stereocenters. The van der Waals surface area contributed by atoms with E-state index in [1.807, 2.05) is 0 Å². The topological polar surface area (TPSA) is 75.3 Å². The molecule has 5 heteroatoms. The molecule has 1 aromatic carbocycles. The van der Waals surface area contributed by atoms with Crippen LogP contribution in [0.15, 0.2) is 24.8 Å². The highest BCUT2D eigenvalue weighted by Crippen LogP contribution is 2.22. The molecular weight excluding hydrogens is 211 g/mol. The van der Waals surface area contributed by atoms with Gasteiger partial charge in [-0.05, 0) is 18.6 Å². The lowest BCUT2D eigenvalue weighted by Crippen LogP contribution is -2.07. The van der Waals surface area contributed by atoms with Crippen molar-refractivity contribution in [3.63, 3.8) is 0 Å². The van der Waals surface area contributed by atoms with Gasteiger partial charge in [-0.25, -0.2) is 9.18 Å². The van der Waals surface area contributed by atoms with E-state index in [1.54, 1.807) is 6.08 Å². The Morgan fingerprint density at radius 3 is 2.88 bits per heavy atom. The minimum atomic E-state index is -1.33. The van der Waals surface area contributed by atoms with Gasteiger partial charge in [-0.1, -0.05) is 6.08 Å². The Morgan fingerprint density at radius 2 is 2.31 bits per heavy atom. The van der Waals surface area contributed by atoms with E-state index in [9.17, 15) is 9.18 Å². The van der Waals surface area contributed by atoms with E-state index in [0.717, 1.165) is 12.1 Å². The monoisotopic (exact) mass is 224 g/mol. The van der Waals surface area contributed by atoms with Crippen LogP contribution in [0.3, 0.4) is 0 Å². The van der Waals surface area contributed by atoms with Crippen LogP contribution in [0, 0.1) is 5.82 Å². The van der Waals surface area contributed by atoms with Crippen LogP contribution in [0.5, 0.6) is 0 Å². The fourth-order valence-electron chi connectivity index (χ4n) is 1.22. The number of aromatic carboxylic acids is 1. The lowest BCUT2D eigenvalue weighted by Gasteiger charge is -2.09. The molecule has 0 aliphatic heterocycles. The van der Waals surface area contributed by atoms with Crippen LogP contribution in [0.4, 0.5) is 15.8 Å². The molecule has 0 aliphatic carbocycles. The standard InChI is InChI=1S/C11H13FN2O2/c1-2-3-4-14-10-6-8(12)7(11(15)16)5-9(10)13/h2,5-6,14H,1,3-4,13H2,(H,15,16). The number of carboxylic acid groups (broad SMARTS) is 1. The zero-order valence-corrected chi connectivity index (χ0v) is 8.66. The van der Waals surface area contributed by atoms with Crippen molar-refractivity contribution in [2.24, 2.45) is 0 Å². The predicted molar refractivity (Wildman–Crippen MR) is 61.1 cm³/mol. The summed E-state index contributed by atoms with van der Waals surface area (Å²) in [5.74, 6) is -2.13. The number of carboxylic acids is 1. The quantitative estimate of drug-likeness (QED) is 0.406. The number of hydrogen-bond donors (Lipinski definition) is 3. The molecule has 0 saturated carbocycles. The number of rotatable bonds is 5. The van der Waals surface area contributed by atoms with E-state index in [4.69, 9.17) is 10.8 Å². The molecule has 0 bridgehead atoms. The zero-order chi connectivity index (χ0) is 12.1. The number of nitrogen functional groups attached to an aromatic ring is 1. The van der Waals surface area contributed by atoms with Gasteiger partial charge in [0, 0.05) is 6.54 Å². The summed E-state index contributed by atoms with van der Waals surface area (Å²) in [6.45, 7) is 4.12. The lowest BCUT2D eigenvalue weighted by atomic mass is 10.1. The summed E-state index contributed by atoms with van der Waals surface area (Å²) in [6.07, 6.45) is 2.42. The number of carbonyl (C=O) groups is 1. The number of hydrogen-bond acceptors (Lipinski definition) is 3. The van der Waals surface area contributed by atoms with Crippen molar-refractivity contribution >= 4 is 17.3 Å². The van der Waals surface area contributed by atoms with Crippen molar-refractivity contribution in [1.29, 1.82) is 0 Å². The number of nitrogens with two attached hydrogens (primary N) is 1. The summed E-state index contributed by atoms with van der Waals surface area (Å²) in [5, 5.41) is 11.6. The number of benzene rings is 1. The molecule has 0 unspecified atom stereocenters. The smallest absolute Gasteiger partial charge is 0.338 e. The molecule has 4 nitrogen and oxygen atoms in total. The van der Waals surface area contributed by atoms with E-state index < -0.39 is 17.3 Å². The van der Waals surface area contributed by atoms with E-state index in [1.165, 1.54) is 0 Å². The Hall–Kier alpha value is -2.04. The first-order chi connectivity index (χ1) is 7.56. The second-order valence-electron chi connectivity index (χ2n) is 3.23. The Kier molecular flexibility index (Phi) is 3.88. The van der Waals surface area contributed by atoms with Gasteiger partial charge in [0.1, 0.15) is 5.82 Å². The largest absolute Gasteiger partial charge is 0.478 e. The summed E-state index contributed by atoms with van der Waals surface area (Å²) in [6, 6.07) is 2.19. The van der Waals surface area contributed by atoms with Gasteiger partial charge in [0.2, 0.25) is 0 Å². The SMILES string of the molecule is C=CCCNc1cc(F)c(C(=O)O)cc1N. The summed E-state index contributed by atoms with van der Waals surface area (Å²) in [7, 11) is 0. The third kappa shape index (κ3) is 2.73. The van der Waals surface area contributed by atoms with Gasteiger partial charge in [0.25, 0.3) is 0 Å². The summed E-state index contributed by atoms with van der Waals surface area (Å²) in [5.41, 5.74) is 5.77. The minimum Gasteiger partial charge on any atom is -0.478 e. The van der Waals surface area contributed by atoms with E-state index >= 15 is 0 Å². The summed E-state index contributed by atoms with van der Waals surface area (Å²) >= 11 is 0. The van der Waals surface area contributed by atoms with Crippen LogP contribution in [0.2, 0.25) is 0 Å². The molecule has 0 saturated heterocycles. The molecule has 0 radical (unpaired) electrons. The predicted octanol–water partition coefficient (Wildman–Crippen LogP) is 2.09. The highest BCUT2D eigenvalue weighted by Gasteiger charge is 2.13. The third-order valence-corrected chi connectivity index (χ3v) is 2.03. The van der Waals surface area contributed by atoms with Gasteiger partial charge in [-0.3, -0.25) is 0 Å². The van der Waals surface area contributed by atoms with Crippen molar-refractivity contribution in [2.45, 2.75) is 6.42 Å². The normalized spacial score (nSPS) is 9.81. The molecule has 16 heavy (non-hydrogen) atoms. The first-order valence-corrected chi connectivity index (χ1v) is 4.73. The maximum Gasteiger partial charge on any atom is 0.338 e. The number of anilines is 2. The van der Waals surface area contributed by atoms with Crippen LogP contribution in [-0.2, 0) is 0 Å². The molecule has 0 amide bonds. The minimum absolute atomic E-state index is 0.211. The molecule has 0 fully saturated rings. The van der Waals surface area contributed by atoms with Crippen molar-refractivity contribution in [3.8, 4) is 0 Å². The van der Waals surface area contributed by atoms with Crippen LogP contribution in [-0.4, -0.2) is 17.6 Å². The van der Waals surface area contributed by atoms with Gasteiger partial charge in [-0.2, -0.15) is 0 Å². The van der Waals surface area contributed by atoms with Gasteiger partial charge in [0.05, 0.1) is 16.9 Å². The van der Waals surface area contributed by atoms with Crippen molar-refractivity contribution in [3.05, 3.63) is 36.2 Å². The van der Waals surface area contributed by atoms with Gasteiger partial charge in [0.15, 0.2) is 0 Å². The molecule has 0 aromatic heterocycles. The average molecular weight is 224 g/mol. The Morgan fingerprint density at radius 1 is 1.62 bits per heavy atom. The van der Waals surface area contributed by atoms with Crippen molar-refractivity contribution in [1.82, 2.24) is 0 Å². The van der Waals surface area contributed by atoms with Crippen molar-refractivity contribution < 1.29 is 14.3 Å². The van der Waals surface area contributed by atoms with Crippen LogP contribution < -0.4 is 11.1 Å². The van der Waals surface area contributed by atoms with Gasteiger partial charge >= 0.3 is 5.97 Å². The van der Waals surface area contributed by atoms with E-state index in [2.05, 4.69) is 11.9 Å². The van der Waals surface area contributed by atoms with E-state index in [-0.39, 0.29) is 5.69 Å². The Balaban J connectivity index is 2.92. The second kappa shape index (κ2) is 5.16. The molecule has 86 valence electrons. The molecular formula is C11H13FN2O2. The average Bonchev–Trinajstić information content (AvgIpc) is 2.22. The zero-order valence-electron chi connectivity index (χ0n) is 8.66. The first kappa shape index (κ1) is 12.0. The highest BCUT2D eigenvalue weighted by atomic mass is 19.1. The van der Waals surface area contributed by atoms with Gasteiger partial charge < -0.3 is 16.2 Å². The van der Waals surface area contributed by atoms with E-state index in [0.29, 0.717) is 18.7 Å². The number of nitrogens with one attached hydrogen (secondary N) is 1. The Labute approximate surface area is 92.6 Å². The fraction of sp³-hybridized carbons (Fsp3) is 0.182. The molecule has 4 N–H and O–H groups in total. The molecule has 0 heterocycles. The second-order valence-corrected chi connectivity index (χ2v) is 3.23. The number of halogens is 1. The summed E-state index contributed by atoms with van der Waals surface area (Å²) < 4.78 is 13.3. The molecule has 1 rings (SSSR count). The molecule has 0 spiro atoms. The first-order valence-electron chi connectivity index (χ1n) is 4.73. The summed E-state index contributed by atoms with van der Waals surface area (Å²) in [4.78, 5) is 10.6. The van der Waals surface area contributed by atoms with Crippen molar-refractivity contribution in [2.75, 3.05) is 17.6 Å². The maximum absolute atomic E-state index is 13.3. The fourth-order valence-corrected chi connectivity index (χ4v) is 1.22. The maximum atomic E-state index is 13.3. The molecule has 1 aromatic rings. The molecule has 0 aliphatic rings. The van der Waals surface area contributed by atoms with Crippen LogP contribution >= 0.6 is 0 Å². The van der Waals surface area contributed by atoms with Crippen LogP contribution in [0.1, 0.15) is 16.8 Å². The van der Waals surface area contributed by atoms with Crippen LogP contribution in [0.25, 0.3) is 0 Å². The third-order valence-electron chi connectivity index (χ3n) is 2.03. The Bertz CT molecular complexity index is 419. The van der Waals surface area contributed by atoms with Gasteiger partial charge in [-0.15, -0.1) is 6.58 Å². The highest BCUT2D eigenvalue weighted by molar-refractivity contribution is 5.90.